The molecule has 0 aromatic heterocycles. The lowest BCUT2D eigenvalue weighted by molar-refractivity contribution is -0.0272. The van der Waals surface area contributed by atoms with Crippen molar-refractivity contribution in [2.45, 2.75) is 46.6 Å². The average Bonchev–Trinajstić information content (AvgIpc) is 1.87. The molecule has 1 saturated heterocycles. The predicted molar refractivity (Wildman–Crippen MR) is 49.7 cm³/mol. The van der Waals surface area contributed by atoms with E-state index in [9.17, 15) is 0 Å². The van der Waals surface area contributed by atoms with E-state index in [2.05, 4.69) is 32.6 Å². The predicted octanol–water partition coefficient (Wildman–Crippen LogP) is 2.52. The van der Waals surface area contributed by atoms with Crippen LogP contribution in [-0.2, 0) is 0 Å². The number of hydrogen-bond donors (Lipinski definition) is 0. The van der Waals surface area contributed by atoms with Gasteiger partial charge in [0.25, 0.3) is 0 Å². The van der Waals surface area contributed by atoms with Crippen molar-refractivity contribution < 1.29 is 0 Å². The van der Waals surface area contributed by atoms with Gasteiger partial charge in [0, 0.05) is 19.1 Å². The summed E-state index contributed by atoms with van der Waals surface area (Å²) in [5, 5.41) is 0. The highest BCUT2D eigenvalue weighted by atomic mass is 15.2. The zero-order chi connectivity index (χ0) is 8.48. The summed E-state index contributed by atoms with van der Waals surface area (Å²) in [5.41, 5.74) is 0.685. The average molecular weight is 155 g/mol. The summed E-state index contributed by atoms with van der Waals surface area (Å²) in [6, 6.07) is 0.751. The van der Waals surface area contributed by atoms with Crippen LogP contribution >= 0.6 is 0 Å². The number of nitrogens with zero attached hydrogens (tertiary/aromatic N) is 1. The topological polar surface area (TPSA) is 3.24 Å². The van der Waals surface area contributed by atoms with Gasteiger partial charge in [0.15, 0.2) is 0 Å². The number of hydrogen-bond acceptors (Lipinski definition) is 1. The van der Waals surface area contributed by atoms with Gasteiger partial charge in [-0.1, -0.05) is 13.8 Å². The SMILES string of the molecule is CCC1(CC)CN(C(C)C)C1. The van der Waals surface area contributed by atoms with E-state index in [-0.39, 0.29) is 0 Å². The Bertz CT molecular complexity index is 117. The third-order valence-corrected chi connectivity index (χ3v) is 3.31. The highest BCUT2D eigenvalue weighted by molar-refractivity contribution is 4.93. The lowest BCUT2D eigenvalue weighted by atomic mass is 9.74. The minimum Gasteiger partial charge on any atom is -0.300 e. The normalized spacial score (nSPS) is 23.7. The molecule has 1 aliphatic heterocycles. The quantitative estimate of drug-likeness (QED) is 0.605. The van der Waals surface area contributed by atoms with Crippen LogP contribution in [0.4, 0.5) is 0 Å². The van der Waals surface area contributed by atoms with Crippen LogP contribution in [0.5, 0.6) is 0 Å². The Labute approximate surface area is 70.8 Å². The Morgan fingerprint density at radius 1 is 1.18 bits per heavy atom. The molecule has 0 atom stereocenters. The summed E-state index contributed by atoms with van der Waals surface area (Å²) in [6.45, 7) is 11.9. The second-order valence-corrected chi connectivity index (χ2v) is 4.21. The highest BCUT2D eigenvalue weighted by Crippen LogP contribution is 2.37. The van der Waals surface area contributed by atoms with Crippen molar-refractivity contribution in [3.8, 4) is 0 Å². The van der Waals surface area contributed by atoms with Crippen LogP contribution < -0.4 is 0 Å². The van der Waals surface area contributed by atoms with Crippen LogP contribution in [0.25, 0.3) is 0 Å². The summed E-state index contributed by atoms with van der Waals surface area (Å²) >= 11 is 0. The maximum Gasteiger partial charge on any atom is 0.00530 e. The molecule has 0 N–H and O–H groups in total. The van der Waals surface area contributed by atoms with Crippen molar-refractivity contribution in [1.29, 1.82) is 0 Å². The highest BCUT2D eigenvalue weighted by Gasteiger charge is 2.40. The first-order chi connectivity index (χ1) is 5.13. The lowest BCUT2D eigenvalue weighted by Gasteiger charge is -2.52. The molecule has 11 heavy (non-hydrogen) atoms. The van der Waals surface area contributed by atoms with Crippen molar-refractivity contribution in [3.05, 3.63) is 0 Å². The molecule has 1 nitrogen and oxygen atoms in total. The van der Waals surface area contributed by atoms with Crippen molar-refractivity contribution in [3.63, 3.8) is 0 Å². The van der Waals surface area contributed by atoms with E-state index in [0.717, 1.165) is 6.04 Å². The van der Waals surface area contributed by atoms with Crippen molar-refractivity contribution in [1.82, 2.24) is 4.90 Å². The zero-order valence-electron chi connectivity index (χ0n) is 8.35. The maximum absolute atomic E-state index is 2.56. The monoisotopic (exact) mass is 155 g/mol. The molecule has 0 aliphatic carbocycles. The van der Waals surface area contributed by atoms with Crippen LogP contribution in [0.15, 0.2) is 0 Å². The summed E-state index contributed by atoms with van der Waals surface area (Å²) in [7, 11) is 0. The summed E-state index contributed by atoms with van der Waals surface area (Å²) in [4.78, 5) is 2.56. The Kier molecular flexibility index (Phi) is 2.58. The minimum absolute atomic E-state index is 0.685. The third kappa shape index (κ3) is 1.58. The summed E-state index contributed by atoms with van der Waals surface area (Å²) < 4.78 is 0. The minimum atomic E-state index is 0.685. The number of likely N-dealkylation sites (tertiary alicyclic amines) is 1. The smallest absolute Gasteiger partial charge is 0.00530 e. The molecule has 0 unspecified atom stereocenters. The van der Waals surface area contributed by atoms with Gasteiger partial charge in [-0.15, -0.1) is 0 Å². The van der Waals surface area contributed by atoms with Crippen molar-refractivity contribution in [2.24, 2.45) is 5.41 Å². The van der Waals surface area contributed by atoms with E-state index in [1.165, 1.54) is 25.9 Å². The second kappa shape index (κ2) is 3.14. The molecule has 0 aromatic carbocycles. The van der Waals surface area contributed by atoms with E-state index in [4.69, 9.17) is 0 Å². The molecule has 0 spiro atoms. The zero-order valence-corrected chi connectivity index (χ0v) is 8.35. The Morgan fingerprint density at radius 2 is 1.64 bits per heavy atom. The van der Waals surface area contributed by atoms with Crippen LogP contribution in [-0.4, -0.2) is 24.0 Å². The van der Waals surface area contributed by atoms with Crippen LogP contribution in [0.2, 0.25) is 0 Å². The van der Waals surface area contributed by atoms with E-state index in [0.29, 0.717) is 5.41 Å². The van der Waals surface area contributed by atoms with Crippen LogP contribution in [0.3, 0.4) is 0 Å². The molecule has 0 saturated carbocycles. The molecule has 1 fully saturated rings. The standard InChI is InChI=1S/C10H21N/c1-5-10(6-2)7-11(8-10)9(3)4/h9H,5-8H2,1-4H3. The lowest BCUT2D eigenvalue weighted by Crippen LogP contribution is -2.58. The molecule has 1 rings (SSSR count). The molecule has 0 bridgehead atoms. The Hall–Kier alpha value is -0.0400. The first kappa shape index (κ1) is 9.05. The van der Waals surface area contributed by atoms with Crippen molar-refractivity contribution in [2.75, 3.05) is 13.1 Å². The molecule has 0 amide bonds. The fraction of sp³-hybridized carbons (Fsp3) is 1.00. The third-order valence-electron chi connectivity index (χ3n) is 3.31. The molecule has 1 aliphatic rings. The first-order valence-electron chi connectivity index (χ1n) is 4.87. The first-order valence-corrected chi connectivity index (χ1v) is 4.87. The molecular weight excluding hydrogens is 134 g/mol. The van der Waals surface area contributed by atoms with Crippen LogP contribution in [0, 0.1) is 5.41 Å². The fourth-order valence-corrected chi connectivity index (χ4v) is 1.88. The molecule has 1 heterocycles. The van der Waals surface area contributed by atoms with Gasteiger partial charge in [-0.3, -0.25) is 4.90 Å². The van der Waals surface area contributed by atoms with Crippen molar-refractivity contribution >= 4 is 0 Å². The molecule has 0 aromatic rings. The van der Waals surface area contributed by atoms with E-state index >= 15 is 0 Å². The second-order valence-electron chi connectivity index (χ2n) is 4.21. The van der Waals surface area contributed by atoms with Gasteiger partial charge in [-0.05, 0) is 32.1 Å². The van der Waals surface area contributed by atoms with Crippen LogP contribution in [0.1, 0.15) is 40.5 Å². The van der Waals surface area contributed by atoms with Gasteiger partial charge < -0.3 is 0 Å². The van der Waals surface area contributed by atoms with E-state index in [1.807, 2.05) is 0 Å². The van der Waals surface area contributed by atoms with Gasteiger partial charge >= 0.3 is 0 Å². The van der Waals surface area contributed by atoms with Gasteiger partial charge in [0.2, 0.25) is 0 Å². The van der Waals surface area contributed by atoms with E-state index in [1.54, 1.807) is 0 Å². The molecular formula is C10H21N. The molecule has 66 valence electrons. The molecule has 1 heteroatoms. The molecule has 0 radical (unpaired) electrons. The Morgan fingerprint density at radius 3 is 1.91 bits per heavy atom. The van der Waals surface area contributed by atoms with Gasteiger partial charge in [-0.2, -0.15) is 0 Å². The summed E-state index contributed by atoms with van der Waals surface area (Å²) in [6.07, 6.45) is 2.71. The summed E-state index contributed by atoms with van der Waals surface area (Å²) in [5.74, 6) is 0. The number of rotatable bonds is 3. The Balaban J connectivity index is 2.35. The van der Waals surface area contributed by atoms with Gasteiger partial charge in [0.1, 0.15) is 0 Å². The fourth-order valence-electron chi connectivity index (χ4n) is 1.88. The largest absolute Gasteiger partial charge is 0.300 e. The van der Waals surface area contributed by atoms with Gasteiger partial charge in [-0.25, -0.2) is 0 Å². The van der Waals surface area contributed by atoms with E-state index < -0.39 is 0 Å². The van der Waals surface area contributed by atoms with Gasteiger partial charge in [0.05, 0.1) is 0 Å². The maximum atomic E-state index is 2.56.